The Labute approximate surface area is 185 Å². The van der Waals surface area contributed by atoms with Crippen LogP contribution in [0.25, 0.3) is 0 Å². The molecule has 30 heavy (non-hydrogen) atoms. The molecule has 0 radical (unpaired) electrons. The molecule has 3 heterocycles. The zero-order valence-corrected chi connectivity index (χ0v) is 18.3. The number of hydrogen-bond acceptors (Lipinski definition) is 4. The summed E-state index contributed by atoms with van der Waals surface area (Å²) in [5.41, 5.74) is 5.60. The van der Waals surface area contributed by atoms with Crippen LogP contribution < -0.4 is 5.32 Å². The number of nitrogens with zero attached hydrogens (tertiary/aromatic N) is 2. The molecule has 5 heteroatoms. The third-order valence-electron chi connectivity index (χ3n) is 7.34. The van der Waals surface area contributed by atoms with E-state index < -0.39 is 0 Å². The quantitative estimate of drug-likeness (QED) is 0.590. The second-order valence-electron chi connectivity index (χ2n) is 8.93. The van der Waals surface area contributed by atoms with Gasteiger partial charge in [0.2, 0.25) is 0 Å². The standard InChI is InChI=1S/C25H24BrN3O/c26-15-9-11-21-22(13-15)29-20-7-3-2-6-19(20)27-25(29)28(21)16-10-12-24-18(14-16)17-5-1-4-8-23(17)30-24/h1,3-4,7-9,11,13-14,17,21-22,25,27H,2,5-6,10,12H2. The summed E-state index contributed by atoms with van der Waals surface area (Å²) in [5.74, 6) is 2.72. The van der Waals surface area contributed by atoms with E-state index in [9.17, 15) is 0 Å². The zero-order chi connectivity index (χ0) is 19.8. The summed E-state index contributed by atoms with van der Waals surface area (Å²) in [5, 5.41) is 3.88. The lowest BCUT2D eigenvalue weighted by molar-refractivity contribution is 0.178. The van der Waals surface area contributed by atoms with Gasteiger partial charge in [0.05, 0.1) is 17.8 Å². The normalized spacial score (nSPS) is 35.2. The van der Waals surface area contributed by atoms with Gasteiger partial charge in [0.15, 0.2) is 6.29 Å². The van der Waals surface area contributed by atoms with Crippen LogP contribution in [0, 0.1) is 5.92 Å². The molecule has 4 atom stereocenters. The third-order valence-corrected chi connectivity index (χ3v) is 7.87. The minimum atomic E-state index is 0.184. The van der Waals surface area contributed by atoms with Crippen LogP contribution in [0.4, 0.5) is 0 Å². The van der Waals surface area contributed by atoms with E-state index in [2.05, 4.69) is 85.7 Å². The average Bonchev–Trinajstić information content (AvgIpc) is 3.41. The lowest BCUT2D eigenvalue weighted by Crippen LogP contribution is -2.45. The van der Waals surface area contributed by atoms with E-state index in [1.807, 2.05) is 0 Å². The van der Waals surface area contributed by atoms with E-state index >= 15 is 0 Å². The lowest BCUT2D eigenvalue weighted by Gasteiger charge is -2.34. The van der Waals surface area contributed by atoms with E-state index in [1.54, 1.807) is 0 Å². The summed E-state index contributed by atoms with van der Waals surface area (Å²) in [4.78, 5) is 5.22. The Kier molecular flexibility index (Phi) is 3.63. The Morgan fingerprint density at radius 2 is 2.03 bits per heavy atom. The molecule has 1 N–H and O–H groups in total. The molecule has 1 fully saturated rings. The van der Waals surface area contributed by atoms with Gasteiger partial charge in [-0.1, -0.05) is 46.3 Å². The average molecular weight is 462 g/mol. The minimum Gasteiger partial charge on any atom is -0.465 e. The Morgan fingerprint density at radius 1 is 1.07 bits per heavy atom. The molecule has 0 aromatic heterocycles. The maximum Gasteiger partial charge on any atom is 0.179 e. The molecule has 0 saturated carbocycles. The Bertz CT molecular complexity index is 1090. The molecular formula is C25H24BrN3O. The Morgan fingerprint density at radius 3 is 3.00 bits per heavy atom. The van der Waals surface area contributed by atoms with Crippen molar-refractivity contribution in [2.45, 2.75) is 50.5 Å². The topological polar surface area (TPSA) is 27.7 Å². The summed E-state index contributed by atoms with van der Waals surface area (Å²) in [7, 11) is 0. The summed E-state index contributed by atoms with van der Waals surface area (Å²) < 4.78 is 7.39. The van der Waals surface area contributed by atoms with Crippen LogP contribution >= 0.6 is 15.9 Å². The van der Waals surface area contributed by atoms with Gasteiger partial charge in [0.1, 0.15) is 11.5 Å². The van der Waals surface area contributed by atoms with Crippen LogP contribution in [0.3, 0.4) is 0 Å². The molecule has 4 aliphatic carbocycles. The highest BCUT2D eigenvalue weighted by Gasteiger charge is 2.51. The molecule has 0 spiro atoms. The molecule has 4 unspecified atom stereocenters. The predicted octanol–water partition coefficient (Wildman–Crippen LogP) is 5.06. The first-order valence-electron chi connectivity index (χ1n) is 11.0. The number of fused-ring (bicyclic) bond motifs is 6. The molecule has 0 aromatic rings. The molecule has 7 rings (SSSR count). The van der Waals surface area contributed by atoms with Gasteiger partial charge in [0, 0.05) is 33.8 Å². The van der Waals surface area contributed by atoms with E-state index in [-0.39, 0.29) is 6.29 Å². The van der Waals surface area contributed by atoms with E-state index in [0.717, 1.165) is 37.9 Å². The first-order chi connectivity index (χ1) is 14.8. The SMILES string of the molecule is BrC1=CC2C(C=C1)N(C1=CC3=C(CC1)OC1=CC=CCC13)C1NC3=C(C=CCC3)N21. The van der Waals surface area contributed by atoms with Crippen molar-refractivity contribution in [3.05, 3.63) is 93.3 Å². The fourth-order valence-corrected chi connectivity index (χ4v) is 6.45. The lowest BCUT2D eigenvalue weighted by atomic mass is 9.87. The van der Waals surface area contributed by atoms with Gasteiger partial charge in [0.25, 0.3) is 0 Å². The summed E-state index contributed by atoms with van der Waals surface area (Å²) in [6.07, 6.45) is 26.0. The van der Waals surface area contributed by atoms with Gasteiger partial charge >= 0.3 is 0 Å². The third kappa shape index (κ3) is 2.33. The van der Waals surface area contributed by atoms with Gasteiger partial charge in [-0.2, -0.15) is 0 Å². The molecule has 7 aliphatic rings. The molecule has 152 valence electrons. The number of hydrogen-bond donors (Lipinski definition) is 1. The Hall–Kier alpha value is -2.40. The first-order valence-corrected chi connectivity index (χ1v) is 11.8. The highest BCUT2D eigenvalue weighted by atomic mass is 79.9. The number of halogens is 1. The van der Waals surface area contributed by atoms with Crippen molar-refractivity contribution in [1.82, 2.24) is 15.1 Å². The van der Waals surface area contributed by atoms with Crippen LogP contribution in [-0.2, 0) is 4.74 Å². The highest BCUT2D eigenvalue weighted by molar-refractivity contribution is 9.11. The molecule has 3 aliphatic heterocycles. The van der Waals surface area contributed by atoms with Crippen molar-refractivity contribution in [3.63, 3.8) is 0 Å². The van der Waals surface area contributed by atoms with Crippen molar-refractivity contribution in [2.75, 3.05) is 0 Å². The smallest absolute Gasteiger partial charge is 0.179 e. The largest absolute Gasteiger partial charge is 0.465 e. The van der Waals surface area contributed by atoms with Crippen LogP contribution in [0.5, 0.6) is 0 Å². The van der Waals surface area contributed by atoms with Gasteiger partial charge < -0.3 is 19.9 Å². The van der Waals surface area contributed by atoms with Crippen LogP contribution in [0.2, 0.25) is 0 Å². The van der Waals surface area contributed by atoms with Crippen molar-refractivity contribution < 1.29 is 4.74 Å². The summed E-state index contributed by atoms with van der Waals surface area (Å²) >= 11 is 3.72. The monoisotopic (exact) mass is 461 g/mol. The zero-order valence-electron chi connectivity index (χ0n) is 16.7. The highest BCUT2D eigenvalue weighted by Crippen LogP contribution is 2.48. The second-order valence-corrected chi connectivity index (χ2v) is 9.85. The number of allylic oxidation sites excluding steroid dienone is 12. The molecule has 0 bridgehead atoms. The van der Waals surface area contributed by atoms with Crippen LogP contribution in [0.1, 0.15) is 32.1 Å². The fourth-order valence-electron chi connectivity index (χ4n) is 6.02. The minimum absolute atomic E-state index is 0.184. The van der Waals surface area contributed by atoms with Gasteiger partial charge in [-0.05, 0) is 50.0 Å². The van der Waals surface area contributed by atoms with Gasteiger partial charge in [-0.25, -0.2) is 0 Å². The number of nitrogens with one attached hydrogen (secondary N) is 1. The Balaban J connectivity index is 1.29. The molecule has 0 aromatic carbocycles. The summed E-state index contributed by atoms with van der Waals surface area (Å²) in [6.45, 7) is 0. The second kappa shape index (κ2) is 6.30. The molecule has 0 amide bonds. The maximum absolute atomic E-state index is 6.22. The van der Waals surface area contributed by atoms with Gasteiger partial charge in [-0.15, -0.1) is 0 Å². The predicted molar refractivity (Wildman–Crippen MR) is 120 cm³/mol. The van der Waals surface area contributed by atoms with Crippen molar-refractivity contribution >= 4 is 15.9 Å². The van der Waals surface area contributed by atoms with Gasteiger partial charge in [-0.3, -0.25) is 0 Å². The van der Waals surface area contributed by atoms with Crippen molar-refractivity contribution in [3.8, 4) is 0 Å². The fraction of sp³-hybridized carbons (Fsp3) is 0.360. The van der Waals surface area contributed by atoms with Crippen LogP contribution in [-0.4, -0.2) is 28.2 Å². The van der Waals surface area contributed by atoms with E-state index in [4.69, 9.17) is 4.74 Å². The molecule has 1 saturated heterocycles. The van der Waals surface area contributed by atoms with Crippen molar-refractivity contribution in [2.24, 2.45) is 5.92 Å². The molecule has 4 nitrogen and oxygen atoms in total. The first kappa shape index (κ1) is 17.3. The number of ether oxygens (including phenoxy) is 1. The van der Waals surface area contributed by atoms with E-state index in [0.29, 0.717) is 18.0 Å². The number of rotatable bonds is 1. The van der Waals surface area contributed by atoms with Crippen LogP contribution in [0.15, 0.2) is 93.3 Å². The summed E-state index contributed by atoms with van der Waals surface area (Å²) in [6, 6.07) is 0.673. The van der Waals surface area contributed by atoms with E-state index in [1.165, 1.54) is 32.9 Å². The maximum atomic E-state index is 6.22. The molecular weight excluding hydrogens is 438 g/mol. The van der Waals surface area contributed by atoms with Crippen molar-refractivity contribution in [1.29, 1.82) is 0 Å².